The topological polar surface area (TPSA) is 140 Å². The molecule has 13 heteroatoms. The van der Waals surface area contributed by atoms with Crippen LogP contribution >= 0.6 is 0 Å². The van der Waals surface area contributed by atoms with E-state index in [-0.39, 0.29) is 40.5 Å². The van der Waals surface area contributed by atoms with Gasteiger partial charge in [-0.2, -0.15) is 5.26 Å². The Hall–Kier alpha value is -6.03. The molecule has 0 aliphatic rings. The van der Waals surface area contributed by atoms with Gasteiger partial charge in [-0.25, -0.2) is 17.6 Å². The van der Waals surface area contributed by atoms with Crippen LogP contribution in [0.15, 0.2) is 66.7 Å². The molecule has 0 spiro atoms. The van der Waals surface area contributed by atoms with E-state index in [9.17, 15) is 36.7 Å². The first-order valence-corrected chi connectivity index (χ1v) is 14.9. The van der Waals surface area contributed by atoms with Crippen molar-refractivity contribution < 1.29 is 36.7 Å². The van der Waals surface area contributed by atoms with Crippen molar-refractivity contribution >= 4 is 46.4 Å². The molecule has 4 aromatic rings. The third kappa shape index (κ3) is 14.8. The van der Waals surface area contributed by atoms with Crippen LogP contribution in [-0.4, -0.2) is 23.6 Å². The van der Waals surface area contributed by atoms with Gasteiger partial charge in [0.25, 0.3) is 0 Å². The van der Waals surface area contributed by atoms with Gasteiger partial charge in [-0.15, -0.1) is 0 Å². The monoisotopic (exact) mass is 693 g/mol. The number of rotatable bonds is 4. The fourth-order valence-electron chi connectivity index (χ4n) is 3.94. The zero-order chi connectivity index (χ0) is 38.1. The van der Waals surface area contributed by atoms with E-state index in [1.165, 1.54) is 52.0 Å². The van der Waals surface area contributed by atoms with E-state index in [2.05, 4.69) is 21.3 Å². The van der Waals surface area contributed by atoms with Crippen LogP contribution in [0.3, 0.4) is 0 Å². The Labute approximate surface area is 288 Å². The van der Waals surface area contributed by atoms with Crippen LogP contribution in [0.4, 0.5) is 40.3 Å². The van der Waals surface area contributed by atoms with Gasteiger partial charge in [-0.3, -0.25) is 19.2 Å². The van der Waals surface area contributed by atoms with Gasteiger partial charge >= 0.3 is 0 Å². The molecule has 0 aromatic heterocycles. The molecule has 0 atom stereocenters. The van der Waals surface area contributed by atoms with Gasteiger partial charge in [0, 0.05) is 39.1 Å². The molecular formula is C37H39F4N5O4. The minimum absolute atomic E-state index is 0.0284. The molecule has 0 aliphatic heterocycles. The van der Waals surface area contributed by atoms with E-state index in [0.717, 1.165) is 28.9 Å². The maximum absolute atomic E-state index is 13.3. The largest absolute Gasteiger partial charge is 0.326 e. The van der Waals surface area contributed by atoms with Crippen molar-refractivity contribution in [1.29, 1.82) is 5.26 Å². The molecule has 50 heavy (non-hydrogen) atoms. The Kier molecular flexibility index (Phi) is 17.1. The highest BCUT2D eigenvalue weighted by Crippen LogP contribution is 2.22. The van der Waals surface area contributed by atoms with E-state index in [1.807, 2.05) is 44.2 Å². The second-order valence-corrected chi connectivity index (χ2v) is 10.8. The summed E-state index contributed by atoms with van der Waals surface area (Å²) in [5.74, 6) is -3.89. The Morgan fingerprint density at radius 1 is 0.540 bits per heavy atom. The van der Waals surface area contributed by atoms with Crippen molar-refractivity contribution in [3.05, 3.63) is 118 Å². The average Bonchev–Trinajstić information content (AvgIpc) is 3.02. The van der Waals surface area contributed by atoms with Crippen LogP contribution in [0.5, 0.6) is 0 Å². The SMILES string of the molecule is CC(=O)Nc1c(C)cc(C#N)cc1F.CC(=O)Nc1c(C)ccc(F)c1F.CC(=O)Nc1cc(F)ccc1C.CC(=O)Nc1ccccc1C. The summed E-state index contributed by atoms with van der Waals surface area (Å²) in [5.41, 5.74) is 4.68. The smallest absolute Gasteiger partial charge is 0.221 e. The first-order chi connectivity index (χ1) is 23.4. The lowest BCUT2D eigenvalue weighted by Gasteiger charge is -2.07. The predicted molar refractivity (Wildman–Crippen MR) is 186 cm³/mol. The van der Waals surface area contributed by atoms with Crippen molar-refractivity contribution in [3.63, 3.8) is 0 Å². The molecule has 9 nitrogen and oxygen atoms in total. The van der Waals surface area contributed by atoms with Gasteiger partial charge in [-0.05, 0) is 86.3 Å². The summed E-state index contributed by atoms with van der Waals surface area (Å²) in [5, 5.41) is 18.4. The average molecular weight is 694 g/mol. The van der Waals surface area contributed by atoms with Gasteiger partial charge in [-0.1, -0.05) is 30.3 Å². The number of halogens is 4. The molecule has 4 amide bonds. The van der Waals surface area contributed by atoms with Crippen LogP contribution in [0.25, 0.3) is 0 Å². The molecule has 0 saturated carbocycles. The summed E-state index contributed by atoms with van der Waals surface area (Å²) in [6, 6.07) is 18.9. The summed E-state index contributed by atoms with van der Waals surface area (Å²) in [6.45, 7) is 12.4. The number of hydrogen-bond acceptors (Lipinski definition) is 5. The van der Waals surface area contributed by atoms with E-state index >= 15 is 0 Å². The fraction of sp³-hybridized carbons (Fsp3) is 0.216. The van der Waals surface area contributed by atoms with E-state index < -0.39 is 23.4 Å². The second kappa shape index (κ2) is 20.4. The molecular weight excluding hydrogens is 654 g/mol. The molecule has 0 fully saturated rings. The number of para-hydroxylation sites is 1. The zero-order valence-electron chi connectivity index (χ0n) is 28.9. The Balaban J connectivity index is 0.000000335. The summed E-state index contributed by atoms with van der Waals surface area (Å²) in [4.78, 5) is 42.7. The third-order valence-electron chi connectivity index (χ3n) is 6.29. The van der Waals surface area contributed by atoms with Gasteiger partial charge in [0.15, 0.2) is 11.6 Å². The number of benzene rings is 4. The number of nitrogens with zero attached hydrogens (tertiary/aromatic N) is 1. The first kappa shape index (κ1) is 42.0. The van der Waals surface area contributed by atoms with Crippen LogP contribution in [0, 0.1) is 62.3 Å². The van der Waals surface area contributed by atoms with Crippen molar-refractivity contribution in [2.24, 2.45) is 0 Å². The van der Waals surface area contributed by atoms with E-state index in [0.29, 0.717) is 16.8 Å². The Morgan fingerprint density at radius 2 is 1.04 bits per heavy atom. The minimum Gasteiger partial charge on any atom is -0.326 e. The number of nitrogens with one attached hydrogen (secondary N) is 4. The van der Waals surface area contributed by atoms with Gasteiger partial charge in [0.05, 0.1) is 23.0 Å². The molecule has 0 aliphatic carbocycles. The zero-order valence-corrected chi connectivity index (χ0v) is 28.9. The van der Waals surface area contributed by atoms with Gasteiger partial charge < -0.3 is 21.3 Å². The molecule has 0 unspecified atom stereocenters. The minimum atomic E-state index is -1.02. The van der Waals surface area contributed by atoms with Crippen LogP contribution < -0.4 is 21.3 Å². The first-order valence-electron chi connectivity index (χ1n) is 14.9. The Bertz CT molecular complexity index is 1870. The standard InChI is InChI=1S/C10H9FN2O.C9H9F2NO.C9H10FNO.C9H11NO/c1-6-3-8(5-12)4-9(11)10(6)13-7(2)14;1-5-3-4-7(10)8(11)9(5)12-6(2)13;1-6-3-4-8(10)5-9(6)11-7(2)12;1-7-5-3-4-6-9(7)10-8(2)11/h3-4H,1-2H3,(H,13,14);3-4H,1-2H3,(H,12,13);3-5H,1-2H3,(H,11,12);3-6H,1-2H3,(H,10,11). The maximum Gasteiger partial charge on any atom is 0.221 e. The lowest BCUT2D eigenvalue weighted by atomic mass is 10.1. The second-order valence-electron chi connectivity index (χ2n) is 10.8. The van der Waals surface area contributed by atoms with Crippen LogP contribution in [-0.2, 0) is 19.2 Å². The molecule has 0 heterocycles. The quantitative estimate of drug-likeness (QED) is 0.159. The molecule has 0 radical (unpaired) electrons. The molecule has 0 bridgehead atoms. The molecule has 4 rings (SSSR count). The van der Waals surface area contributed by atoms with Crippen LogP contribution in [0.1, 0.15) is 55.5 Å². The van der Waals surface area contributed by atoms with Gasteiger partial charge in [0.1, 0.15) is 11.6 Å². The summed E-state index contributed by atoms with van der Waals surface area (Å²) >= 11 is 0. The number of amides is 4. The van der Waals surface area contributed by atoms with Crippen molar-refractivity contribution in [2.75, 3.05) is 21.3 Å². The summed E-state index contributed by atoms with van der Waals surface area (Å²) < 4.78 is 51.7. The highest BCUT2D eigenvalue weighted by Gasteiger charge is 2.12. The number of aryl methyl sites for hydroxylation is 4. The predicted octanol–water partition coefficient (Wildman–Crippen LogP) is 8.24. The van der Waals surface area contributed by atoms with Gasteiger partial charge in [0.2, 0.25) is 23.6 Å². The number of anilines is 4. The summed E-state index contributed by atoms with van der Waals surface area (Å²) in [6.07, 6.45) is 0. The number of nitriles is 1. The lowest BCUT2D eigenvalue weighted by Crippen LogP contribution is -2.09. The van der Waals surface area contributed by atoms with E-state index in [4.69, 9.17) is 5.26 Å². The van der Waals surface area contributed by atoms with E-state index in [1.54, 1.807) is 19.9 Å². The highest BCUT2D eigenvalue weighted by molar-refractivity contribution is 5.91. The Morgan fingerprint density at radius 3 is 1.56 bits per heavy atom. The number of carbonyl (C=O) groups excluding carboxylic acids is 4. The summed E-state index contributed by atoms with van der Waals surface area (Å²) in [7, 11) is 0. The number of carbonyl (C=O) groups is 4. The molecule has 4 aromatic carbocycles. The molecule has 0 saturated heterocycles. The van der Waals surface area contributed by atoms with Crippen molar-refractivity contribution in [2.45, 2.75) is 55.4 Å². The molecule has 4 N–H and O–H groups in total. The van der Waals surface area contributed by atoms with Crippen LogP contribution in [0.2, 0.25) is 0 Å². The van der Waals surface area contributed by atoms with Crippen molar-refractivity contribution in [1.82, 2.24) is 0 Å². The normalized spacial score (nSPS) is 9.50. The molecule has 264 valence electrons. The maximum atomic E-state index is 13.3. The third-order valence-corrected chi connectivity index (χ3v) is 6.29. The number of hydrogen-bond donors (Lipinski definition) is 4. The lowest BCUT2D eigenvalue weighted by molar-refractivity contribution is -0.115. The fourth-order valence-corrected chi connectivity index (χ4v) is 3.94. The van der Waals surface area contributed by atoms with Crippen molar-refractivity contribution in [3.8, 4) is 6.07 Å². The highest BCUT2D eigenvalue weighted by atomic mass is 19.2.